The molecule has 1 fully saturated rings. The molecule has 4 atom stereocenters. The third-order valence-corrected chi connectivity index (χ3v) is 2.98. The van der Waals surface area contributed by atoms with E-state index in [0.29, 0.717) is 0 Å². The lowest BCUT2D eigenvalue weighted by molar-refractivity contribution is -0.0403. The summed E-state index contributed by atoms with van der Waals surface area (Å²) < 4.78 is 20.0. The maximum absolute atomic E-state index is 13.9. The zero-order chi connectivity index (χ0) is 13.4. The van der Waals surface area contributed by atoms with Crippen molar-refractivity contribution in [2.75, 3.05) is 6.61 Å². The maximum Gasteiger partial charge on any atom is 0.330 e. The van der Waals surface area contributed by atoms with Gasteiger partial charge < -0.3 is 15.6 Å². The highest BCUT2D eigenvalue weighted by Gasteiger charge is 2.44. The third-order valence-electron chi connectivity index (χ3n) is 2.98. The second-order valence-electron chi connectivity index (χ2n) is 4.25. The van der Waals surface area contributed by atoms with Crippen molar-refractivity contribution < 1.29 is 14.2 Å². The van der Waals surface area contributed by atoms with E-state index < -0.39 is 42.4 Å². The van der Waals surface area contributed by atoms with E-state index in [4.69, 9.17) is 15.6 Å². The first-order valence-electron chi connectivity index (χ1n) is 5.43. The van der Waals surface area contributed by atoms with Crippen molar-refractivity contribution in [2.24, 2.45) is 5.73 Å². The van der Waals surface area contributed by atoms with Crippen LogP contribution in [0, 0.1) is 6.92 Å². The topological polar surface area (TPSA) is 110 Å². The molecule has 0 spiro atoms. The quantitative estimate of drug-likeness (QED) is 0.592. The number of aliphatic hydroxyl groups excluding tert-OH is 1. The molecule has 0 amide bonds. The summed E-state index contributed by atoms with van der Waals surface area (Å²) in [7, 11) is 0. The minimum absolute atomic E-state index is 0.256. The van der Waals surface area contributed by atoms with Gasteiger partial charge >= 0.3 is 5.69 Å². The molecule has 1 aliphatic heterocycles. The molecule has 1 aromatic heterocycles. The minimum atomic E-state index is -1.63. The van der Waals surface area contributed by atoms with Crippen LogP contribution in [0.5, 0.6) is 0 Å². The standard InChI is InChI=1S/C10H14FN3O4/c1-4-2-14(10(17)13-8(4)16)9-6(11)7(12)5(3-15)18-9/h2,5-7,9,15H,3,12H2,1H3,(H,13,16,17)/t5-,6-,7-,9-/m1/s1. The van der Waals surface area contributed by atoms with Gasteiger partial charge in [-0.05, 0) is 6.92 Å². The molecule has 0 aliphatic carbocycles. The molecule has 4 N–H and O–H groups in total. The van der Waals surface area contributed by atoms with Gasteiger partial charge in [0.15, 0.2) is 12.4 Å². The van der Waals surface area contributed by atoms with Crippen LogP contribution in [-0.2, 0) is 4.74 Å². The van der Waals surface area contributed by atoms with E-state index in [1.807, 2.05) is 0 Å². The van der Waals surface area contributed by atoms with Crippen molar-refractivity contribution >= 4 is 0 Å². The predicted octanol–water partition coefficient (Wildman–Crippen LogP) is -1.60. The molecule has 100 valence electrons. The molecule has 7 nitrogen and oxygen atoms in total. The van der Waals surface area contributed by atoms with Crippen molar-refractivity contribution in [1.29, 1.82) is 0 Å². The van der Waals surface area contributed by atoms with Gasteiger partial charge in [0, 0.05) is 11.8 Å². The lowest BCUT2D eigenvalue weighted by atomic mass is 10.1. The van der Waals surface area contributed by atoms with Crippen LogP contribution in [-0.4, -0.2) is 39.6 Å². The number of nitrogens with one attached hydrogen (secondary N) is 1. The van der Waals surface area contributed by atoms with E-state index in [0.717, 1.165) is 4.57 Å². The summed E-state index contributed by atoms with van der Waals surface area (Å²) in [6, 6.07) is -1.01. The number of halogens is 1. The fourth-order valence-electron chi connectivity index (χ4n) is 1.90. The summed E-state index contributed by atoms with van der Waals surface area (Å²) >= 11 is 0. The molecule has 2 heterocycles. The Hall–Kier alpha value is -1.51. The van der Waals surface area contributed by atoms with Gasteiger partial charge in [0.05, 0.1) is 12.6 Å². The SMILES string of the molecule is Cc1cn([C@@H]2O[C@H](CO)[C@@H](N)[C@H]2F)c(=O)[nH]c1=O. The van der Waals surface area contributed by atoms with Crippen molar-refractivity contribution in [1.82, 2.24) is 9.55 Å². The first kappa shape index (κ1) is 12.9. The maximum atomic E-state index is 13.9. The zero-order valence-corrected chi connectivity index (χ0v) is 9.67. The monoisotopic (exact) mass is 259 g/mol. The van der Waals surface area contributed by atoms with E-state index in [1.165, 1.54) is 13.1 Å². The van der Waals surface area contributed by atoms with E-state index in [-0.39, 0.29) is 5.56 Å². The summed E-state index contributed by atoms with van der Waals surface area (Å²) in [5.41, 5.74) is 4.48. The molecule has 0 unspecified atom stereocenters. The Morgan fingerprint density at radius 1 is 1.61 bits per heavy atom. The fraction of sp³-hybridized carbons (Fsp3) is 0.600. The highest BCUT2D eigenvalue weighted by molar-refractivity contribution is 5.03. The molecule has 1 saturated heterocycles. The number of ether oxygens (including phenoxy) is 1. The van der Waals surface area contributed by atoms with Crippen molar-refractivity contribution in [2.45, 2.75) is 31.5 Å². The highest BCUT2D eigenvalue weighted by atomic mass is 19.1. The number of aromatic amines is 1. The molecule has 1 aliphatic rings. The largest absolute Gasteiger partial charge is 0.394 e. The summed E-state index contributed by atoms with van der Waals surface area (Å²) in [5, 5.41) is 8.97. The molecule has 1 aromatic rings. The van der Waals surface area contributed by atoms with Crippen LogP contribution in [0.15, 0.2) is 15.8 Å². The Labute approximate surface area is 101 Å². The Kier molecular flexibility index (Phi) is 3.33. The van der Waals surface area contributed by atoms with Crippen molar-refractivity contribution in [3.8, 4) is 0 Å². The molecule has 0 radical (unpaired) electrons. The van der Waals surface area contributed by atoms with Gasteiger partial charge in [-0.3, -0.25) is 14.3 Å². The van der Waals surface area contributed by atoms with Crippen LogP contribution in [0.4, 0.5) is 4.39 Å². The van der Waals surface area contributed by atoms with Crippen molar-refractivity contribution in [3.05, 3.63) is 32.6 Å². The van der Waals surface area contributed by atoms with E-state index in [1.54, 1.807) is 0 Å². The Balaban J connectivity index is 2.42. The molecular formula is C10H14FN3O4. The molecule has 0 aromatic carbocycles. The van der Waals surface area contributed by atoms with Crippen LogP contribution in [0.1, 0.15) is 11.8 Å². The van der Waals surface area contributed by atoms with Gasteiger partial charge in [-0.2, -0.15) is 0 Å². The number of H-pyrrole nitrogens is 1. The smallest absolute Gasteiger partial charge is 0.330 e. The lowest BCUT2D eigenvalue weighted by Gasteiger charge is -2.16. The molecule has 18 heavy (non-hydrogen) atoms. The third kappa shape index (κ3) is 1.98. The zero-order valence-electron chi connectivity index (χ0n) is 9.67. The Morgan fingerprint density at radius 3 is 2.83 bits per heavy atom. The van der Waals surface area contributed by atoms with Crippen LogP contribution in [0.3, 0.4) is 0 Å². The minimum Gasteiger partial charge on any atom is -0.394 e. The predicted molar refractivity (Wildman–Crippen MR) is 59.9 cm³/mol. The van der Waals surface area contributed by atoms with Gasteiger partial charge in [0.2, 0.25) is 0 Å². The summed E-state index contributed by atoms with van der Waals surface area (Å²) in [6.45, 7) is 1.05. The highest BCUT2D eigenvalue weighted by Crippen LogP contribution is 2.29. The van der Waals surface area contributed by atoms with Crippen molar-refractivity contribution in [3.63, 3.8) is 0 Å². The average Bonchev–Trinajstić information content (AvgIpc) is 2.61. The van der Waals surface area contributed by atoms with E-state index in [2.05, 4.69) is 4.98 Å². The molecule has 0 saturated carbocycles. The molecular weight excluding hydrogens is 245 g/mol. The van der Waals surface area contributed by atoms with Gasteiger partial charge in [0.1, 0.15) is 6.10 Å². The molecule has 8 heteroatoms. The second-order valence-corrected chi connectivity index (χ2v) is 4.25. The lowest BCUT2D eigenvalue weighted by Crippen LogP contribution is -2.40. The number of rotatable bonds is 2. The number of aliphatic hydroxyl groups is 1. The van der Waals surface area contributed by atoms with Gasteiger partial charge in [0.25, 0.3) is 5.56 Å². The number of nitrogens with zero attached hydrogens (tertiary/aromatic N) is 1. The normalized spacial score (nSPS) is 31.8. The average molecular weight is 259 g/mol. The number of hydrogen-bond acceptors (Lipinski definition) is 5. The number of hydrogen-bond donors (Lipinski definition) is 3. The fourth-order valence-corrected chi connectivity index (χ4v) is 1.90. The summed E-state index contributed by atoms with van der Waals surface area (Å²) in [4.78, 5) is 24.8. The van der Waals surface area contributed by atoms with Gasteiger partial charge in [-0.15, -0.1) is 0 Å². The number of alkyl halides is 1. The molecule has 2 rings (SSSR count). The number of aromatic nitrogens is 2. The van der Waals surface area contributed by atoms with E-state index >= 15 is 0 Å². The Morgan fingerprint density at radius 2 is 2.28 bits per heavy atom. The van der Waals surface area contributed by atoms with Crippen LogP contribution in [0.2, 0.25) is 0 Å². The first-order valence-corrected chi connectivity index (χ1v) is 5.43. The first-order chi connectivity index (χ1) is 8.45. The summed E-state index contributed by atoms with van der Waals surface area (Å²) in [5.74, 6) is 0. The number of nitrogens with two attached hydrogens (primary N) is 1. The number of aryl methyl sites for hydroxylation is 1. The van der Waals surface area contributed by atoms with Crippen LogP contribution >= 0.6 is 0 Å². The van der Waals surface area contributed by atoms with Crippen LogP contribution < -0.4 is 17.0 Å². The Bertz CT molecular complexity index is 555. The van der Waals surface area contributed by atoms with Gasteiger partial charge in [-0.25, -0.2) is 9.18 Å². The van der Waals surface area contributed by atoms with Gasteiger partial charge in [-0.1, -0.05) is 0 Å². The summed E-state index contributed by atoms with van der Waals surface area (Å²) in [6.07, 6.45) is -2.53. The second kappa shape index (κ2) is 4.63. The van der Waals surface area contributed by atoms with E-state index in [9.17, 15) is 14.0 Å². The van der Waals surface area contributed by atoms with Crippen LogP contribution in [0.25, 0.3) is 0 Å². The molecule has 0 bridgehead atoms.